The molecule has 10 nitrogen and oxygen atoms in total. The maximum atomic E-state index is 13.1. The Kier molecular flexibility index (Phi) is 7.55. The van der Waals surface area contributed by atoms with Gasteiger partial charge in [0.05, 0.1) is 23.8 Å². The number of carbonyl (C=O) groups excluding carboxylic acids is 1. The number of hydrogen-bond acceptors (Lipinski definition) is 7. The molecule has 0 aliphatic carbocycles. The topological polar surface area (TPSA) is 100 Å². The van der Waals surface area contributed by atoms with Gasteiger partial charge < -0.3 is 15.4 Å². The number of fused-ring (bicyclic) bond motifs is 1. The van der Waals surface area contributed by atoms with Crippen LogP contribution >= 0.6 is 11.6 Å². The van der Waals surface area contributed by atoms with Crippen molar-refractivity contribution < 1.29 is 22.7 Å². The first kappa shape index (κ1) is 26.7. The number of amides is 2. The maximum absolute atomic E-state index is 13.1. The first-order valence-corrected chi connectivity index (χ1v) is 12.5. The minimum Gasteiger partial charge on any atom is -0.379 e. The van der Waals surface area contributed by atoms with E-state index >= 15 is 0 Å². The predicted molar refractivity (Wildman–Crippen MR) is 141 cm³/mol. The minimum absolute atomic E-state index is 0.0422. The Morgan fingerprint density at radius 1 is 1.05 bits per heavy atom. The summed E-state index contributed by atoms with van der Waals surface area (Å²) in [4.78, 5) is 25.9. The van der Waals surface area contributed by atoms with Crippen LogP contribution in [0.4, 0.5) is 35.2 Å². The Morgan fingerprint density at radius 2 is 1.74 bits per heavy atom. The number of nitrogens with one attached hydrogen (secondary N) is 2. The Morgan fingerprint density at radius 3 is 2.44 bits per heavy atom. The number of aromatic nitrogens is 4. The number of rotatable bonds is 6. The number of morpholine rings is 1. The average Bonchev–Trinajstić information content (AvgIpc) is 3.36. The second-order valence-electron chi connectivity index (χ2n) is 8.58. The van der Waals surface area contributed by atoms with E-state index in [-0.39, 0.29) is 5.69 Å². The zero-order chi connectivity index (χ0) is 27.6. The molecule has 2 amide bonds. The molecule has 1 saturated heterocycles. The van der Waals surface area contributed by atoms with Crippen LogP contribution in [-0.2, 0) is 10.9 Å². The van der Waals surface area contributed by atoms with E-state index in [0.29, 0.717) is 42.4 Å². The van der Waals surface area contributed by atoms with Crippen molar-refractivity contribution in [2.24, 2.45) is 0 Å². The Balaban J connectivity index is 1.31. The molecule has 1 aliphatic rings. The van der Waals surface area contributed by atoms with Crippen molar-refractivity contribution in [3.05, 3.63) is 65.7 Å². The van der Waals surface area contributed by atoms with E-state index in [9.17, 15) is 18.0 Å². The fourth-order valence-corrected chi connectivity index (χ4v) is 4.52. The van der Waals surface area contributed by atoms with Gasteiger partial charge in [0, 0.05) is 36.7 Å². The van der Waals surface area contributed by atoms with Gasteiger partial charge >= 0.3 is 12.2 Å². The number of carbonyl (C=O) groups is 1. The van der Waals surface area contributed by atoms with E-state index in [4.69, 9.17) is 16.3 Å². The van der Waals surface area contributed by atoms with Gasteiger partial charge in [-0.15, -0.1) is 0 Å². The zero-order valence-electron chi connectivity index (χ0n) is 20.7. The van der Waals surface area contributed by atoms with Crippen molar-refractivity contribution in [2.75, 3.05) is 48.5 Å². The highest BCUT2D eigenvalue weighted by atomic mass is 35.5. The van der Waals surface area contributed by atoms with E-state index in [1.165, 1.54) is 12.4 Å². The molecule has 2 aromatic heterocycles. The fraction of sp³-hybridized carbons (Fsp3) is 0.280. The second-order valence-corrected chi connectivity index (χ2v) is 8.99. The lowest BCUT2D eigenvalue weighted by atomic mass is 10.2. The molecule has 39 heavy (non-hydrogen) atoms. The molecule has 0 radical (unpaired) electrons. The summed E-state index contributed by atoms with van der Waals surface area (Å²) < 4.78 is 46.6. The summed E-state index contributed by atoms with van der Waals surface area (Å²) >= 11 is 5.64. The van der Waals surface area contributed by atoms with Crippen molar-refractivity contribution in [1.82, 2.24) is 24.5 Å². The average molecular weight is 561 g/mol. The van der Waals surface area contributed by atoms with E-state index in [1.54, 1.807) is 30.6 Å². The van der Waals surface area contributed by atoms with E-state index in [2.05, 4.69) is 35.6 Å². The molecule has 0 spiro atoms. The van der Waals surface area contributed by atoms with Gasteiger partial charge in [-0.05, 0) is 49.4 Å². The number of nitrogens with zero attached hydrogens (tertiary/aromatic N) is 6. The summed E-state index contributed by atoms with van der Waals surface area (Å²) in [5.41, 5.74) is 1.37. The van der Waals surface area contributed by atoms with Gasteiger partial charge in [0.1, 0.15) is 12.7 Å². The van der Waals surface area contributed by atoms with Gasteiger partial charge in [-0.3, -0.25) is 9.58 Å². The highest BCUT2D eigenvalue weighted by Gasteiger charge is 2.33. The number of urea groups is 1. The minimum atomic E-state index is -4.64. The second kappa shape index (κ2) is 11.0. The molecule has 5 rings (SSSR count). The van der Waals surface area contributed by atoms with Crippen LogP contribution in [0.25, 0.3) is 16.9 Å². The normalized spacial score (nSPS) is 14.4. The predicted octanol–water partition coefficient (Wildman–Crippen LogP) is 5.21. The van der Waals surface area contributed by atoms with Gasteiger partial charge in [-0.1, -0.05) is 11.6 Å². The van der Waals surface area contributed by atoms with Gasteiger partial charge in [0.15, 0.2) is 17.0 Å². The third kappa shape index (κ3) is 5.75. The molecular formula is C25H24ClF3N8O2. The Hall–Kier alpha value is -3.94. The Labute approximate surface area is 226 Å². The molecule has 0 unspecified atom stereocenters. The molecule has 2 aromatic carbocycles. The van der Waals surface area contributed by atoms with Crippen LogP contribution in [0.3, 0.4) is 0 Å². The summed E-state index contributed by atoms with van der Waals surface area (Å²) in [6.45, 7) is 5.55. The van der Waals surface area contributed by atoms with Gasteiger partial charge in [-0.25, -0.2) is 24.8 Å². The van der Waals surface area contributed by atoms with Gasteiger partial charge in [0.2, 0.25) is 0 Å². The van der Waals surface area contributed by atoms with Crippen molar-refractivity contribution in [3.8, 4) is 5.69 Å². The maximum Gasteiger partial charge on any atom is 0.417 e. The van der Waals surface area contributed by atoms with Gasteiger partial charge in [0.25, 0.3) is 0 Å². The number of halogens is 4. The molecule has 4 aromatic rings. The molecule has 0 atom stereocenters. The van der Waals surface area contributed by atoms with Crippen molar-refractivity contribution in [3.63, 3.8) is 0 Å². The molecule has 1 aliphatic heterocycles. The lowest BCUT2D eigenvalue weighted by Gasteiger charge is -2.37. The number of alkyl halides is 3. The summed E-state index contributed by atoms with van der Waals surface area (Å²) in [5, 5.41) is 8.81. The van der Waals surface area contributed by atoms with Crippen LogP contribution in [0.1, 0.15) is 12.5 Å². The van der Waals surface area contributed by atoms with Crippen LogP contribution in [0.5, 0.6) is 0 Å². The SMILES string of the molecule is CCN(c1ncnc2c1ncn2-c1ccc(NC(=O)Nc2ccc(Cl)c(C(F)(F)F)c2)cc1)N1CCOCC1. The molecule has 0 saturated carbocycles. The first-order chi connectivity index (χ1) is 18.7. The fourth-order valence-electron chi connectivity index (χ4n) is 4.30. The van der Waals surface area contributed by atoms with E-state index in [1.807, 2.05) is 11.5 Å². The number of hydrazine groups is 1. The largest absolute Gasteiger partial charge is 0.417 e. The van der Waals surface area contributed by atoms with Crippen LogP contribution in [0.2, 0.25) is 5.02 Å². The third-order valence-corrected chi connectivity index (χ3v) is 6.45. The molecule has 204 valence electrons. The molecule has 0 bridgehead atoms. The molecule has 1 fully saturated rings. The summed E-state index contributed by atoms with van der Waals surface area (Å²) in [6, 6.07) is 9.31. The zero-order valence-corrected chi connectivity index (χ0v) is 21.5. The highest BCUT2D eigenvalue weighted by molar-refractivity contribution is 6.31. The lowest BCUT2D eigenvalue weighted by molar-refractivity contribution is -0.137. The molecule has 14 heteroatoms. The van der Waals surface area contributed by atoms with Crippen molar-refractivity contribution in [2.45, 2.75) is 13.1 Å². The number of benzene rings is 2. The quantitative estimate of drug-likeness (QED) is 0.334. The Bertz CT molecular complexity index is 1470. The van der Waals surface area contributed by atoms with Crippen molar-refractivity contribution >= 4 is 46.0 Å². The summed E-state index contributed by atoms with van der Waals surface area (Å²) in [6.07, 6.45) is -1.48. The van der Waals surface area contributed by atoms with E-state index in [0.717, 1.165) is 30.9 Å². The number of hydrogen-bond donors (Lipinski definition) is 2. The standard InChI is InChI=1S/C25H24ClF3N8O2/c1-2-37(35-9-11-39-12-10-35)23-21-22(30-14-31-23)36(15-32-21)18-6-3-16(4-7-18)33-24(38)34-17-5-8-20(26)19(13-17)25(27,28)29/h3-8,13-15H,2,9-12H2,1H3,(H2,33,34,38). The van der Waals surface area contributed by atoms with Crippen LogP contribution in [-0.4, -0.2) is 63.4 Å². The molecule has 3 heterocycles. The lowest BCUT2D eigenvalue weighted by Crippen LogP contribution is -2.49. The molecular weight excluding hydrogens is 537 g/mol. The number of ether oxygens (including phenoxy) is 1. The smallest absolute Gasteiger partial charge is 0.379 e. The molecule has 2 N–H and O–H groups in total. The summed E-state index contributed by atoms with van der Waals surface area (Å²) in [5.74, 6) is 0.703. The first-order valence-electron chi connectivity index (χ1n) is 12.1. The highest BCUT2D eigenvalue weighted by Crippen LogP contribution is 2.36. The van der Waals surface area contributed by atoms with Crippen LogP contribution in [0, 0.1) is 0 Å². The summed E-state index contributed by atoms with van der Waals surface area (Å²) in [7, 11) is 0. The van der Waals surface area contributed by atoms with Crippen molar-refractivity contribution in [1.29, 1.82) is 0 Å². The van der Waals surface area contributed by atoms with Gasteiger partial charge in [-0.2, -0.15) is 13.2 Å². The number of imidazole rings is 1. The van der Waals surface area contributed by atoms with Crippen LogP contribution < -0.4 is 15.6 Å². The van der Waals surface area contributed by atoms with Crippen LogP contribution in [0.15, 0.2) is 55.1 Å². The third-order valence-electron chi connectivity index (χ3n) is 6.12. The monoisotopic (exact) mass is 560 g/mol. The number of anilines is 3. The van der Waals surface area contributed by atoms with E-state index < -0.39 is 22.8 Å².